The van der Waals surface area contributed by atoms with Crippen LogP contribution in [0, 0.1) is 0 Å². The minimum atomic E-state index is -0.420. The molecule has 26 heavy (non-hydrogen) atoms. The van der Waals surface area contributed by atoms with Gasteiger partial charge >= 0.3 is 0 Å². The van der Waals surface area contributed by atoms with Crippen LogP contribution in [0.1, 0.15) is 42.1 Å². The van der Waals surface area contributed by atoms with E-state index in [9.17, 15) is 4.79 Å². The smallest absolute Gasteiger partial charge is 0.248 e. The lowest BCUT2D eigenvalue weighted by Crippen LogP contribution is -2.38. The number of nitrogens with two attached hydrogens (primary N) is 1. The molecule has 0 bridgehead atoms. The van der Waals surface area contributed by atoms with Crippen LogP contribution in [-0.2, 0) is 16.0 Å². The van der Waals surface area contributed by atoms with Crippen LogP contribution in [0.5, 0.6) is 0 Å². The van der Waals surface area contributed by atoms with Crippen molar-refractivity contribution in [1.29, 1.82) is 0 Å². The summed E-state index contributed by atoms with van der Waals surface area (Å²) in [5, 5.41) is 6.52. The summed E-state index contributed by atoms with van der Waals surface area (Å²) in [7, 11) is 0. The van der Waals surface area contributed by atoms with Gasteiger partial charge in [0.2, 0.25) is 5.91 Å². The molecule has 4 N–H and O–H groups in total. The number of hydrogen-bond acceptors (Lipinski definition) is 4. The van der Waals surface area contributed by atoms with Crippen molar-refractivity contribution in [1.82, 2.24) is 10.6 Å². The largest absolute Gasteiger partial charge is 0.379 e. The normalized spacial score (nSPS) is 17.3. The second kappa shape index (κ2) is 11.5. The molecule has 0 saturated carbocycles. The van der Waals surface area contributed by atoms with E-state index in [1.165, 1.54) is 0 Å². The van der Waals surface area contributed by atoms with Gasteiger partial charge in [0.15, 0.2) is 5.96 Å². The van der Waals surface area contributed by atoms with E-state index in [1.807, 2.05) is 19.1 Å². The summed E-state index contributed by atoms with van der Waals surface area (Å²) in [5.41, 5.74) is 6.77. The Labute approximate surface area is 155 Å². The first-order chi connectivity index (χ1) is 12.7. The van der Waals surface area contributed by atoms with Gasteiger partial charge in [0, 0.05) is 31.9 Å². The third-order valence-electron chi connectivity index (χ3n) is 4.09. The van der Waals surface area contributed by atoms with E-state index in [-0.39, 0.29) is 6.10 Å². The number of nitrogens with one attached hydrogen (secondary N) is 2. The maximum atomic E-state index is 11.1. The number of guanidine groups is 1. The van der Waals surface area contributed by atoms with E-state index < -0.39 is 5.91 Å². The standard InChI is InChI=1S/C19H30N4O3/c1-2-21-19(22-10-4-11-25-14-17-5-3-12-26-17)23-13-15-6-8-16(9-7-15)18(20)24/h6-9,17H,2-5,10-14H2,1H3,(H2,20,24)(H2,21,22,23). The number of benzene rings is 1. The molecular weight excluding hydrogens is 332 g/mol. The monoisotopic (exact) mass is 362 g/mol. The Morgan fingerprint density at radius 1 is 1.35 bits per heavy atom. The topological polar surface area (TPSA) is 98.0 Å². The number of rotatable bonds is 10. The Morgan fingerprint density at radius 2 is 2.15 bits per heavy atom. The highest BCUT2D eigenvalue weighted by molar-refractivity contribution is 5.92. The molecule has 1 atom stereocenters. The first-order valence-corrected chi connectivity index (χ1v) is 9.29. The second-order valence-electron chi connectivity index (χ2n) is 6.25. The van der Waals surface area contributed by atoms with Gasteiger partial charge in [-0.25, -0.2) is 4.99 Å². The summed E-state index contributed by atoms with van der Waals surface area (Å²) >= 11 is 0. The molecule has 0 aliphatic carbocycles. The average molecular weight is 362 g/mol. The molecule has 1 aromatic carbocycles. The van der Waals surface area contributed by atoms with E-state index in [0.717, 1.165) is 50.5 Å². The summed E-state index contributed by atoms with van der Waals surface area (Å²) in [6, 6.07) is 7.18. The van der Waals surface area contributed by atoms with Gasteiger partial charge < -0.3 is 25.8 Å². The Kier molecular flexibility index (Phi) is 8.92. The van der Waals surface area contributed by atoms with Crippen LogP contribution in [0.4, 0.5) is 0 Å². The quantitative estimate of drug-likeness (QED) is 0.332. The summed E-state index contributed by atoms with van der Waals surface area (Å²) < 4.78 is 11.2. The van der Waals surface area contributed by atoms with E-state index >= 15 is 0 Å². The zero-order valence-corrected chi connectivity index (χ0v) is 15.5. The molecule has 1 aliphatic heterocycles. The average Bonchev–Trinajstić information content (AvgIpc) is 3.16. The summed E-state index contributed by atoms with van der Waals surface area (Å²) in [4.78, 5) is 15.6. The predicted octanol–water partition coefficient (Wildman–Crippen LogP) is 1.43. The molecule has 1 saturated heterocycles. The van der Waals surface area contributed by atoms with Gasteiger partial charge in [0.25, 0.3) is 0 Å². The molecule has 144 valence electrons. The van der Waals surface area contributed by atoms with Gasteiger partial charge in [0.05, 0.1) is 19.3 Å². The van der Waals surface area contributed by atoms with Crippen molar-refractivity contribution in [2.45, 2.75) is 38.8 Å². The van der Waals surface area contributed by atoms with E-state index in [1.54, 1.807) is 12.1 Å². The van der Waals surface area contributed by atoms with Gasteiger partial charge in [-0.1, -0.05) is 12.1 Å². The van der Waals surface area contributed by atoms with Crippen molar-refractivity contribution in [3.63, 3.8) is 0 Å². The van der Waals surface area contributed by atoms with E-state index in [4.69, 9.17) is 15.2 Å². The van der Waals surface area contributed by atoms with Crippen molar-refractivity contribution in [3.05, 3.63) is 35.4 Å². The number of carbonyl (C=O) groups is 1. The van der Waals surface area contributed by atoms with Gasteiger partial charge in [-0.2, -0.15) is 0 Å². The first kappa shape index (κ1) is 20.2. The molecule has 1 fully saturated rings. The maximum Gasteiger partial charge on any atom is 0.248 e. The fraction of sp³-hybridized carbons (Fsp3) is 0.579. The zero-order chi connectivity index (χ0) is 18.6. The molecule has 0 spiro atoms. The van der Waals surface area contributed by atoms with Crippen LogP contribution >= 0.6 is 0 Å². The molecule has 7 heteroatoms. The van der Waals surface area contributed by atoms with Crippen molar-refractivity contribution >= 4 is 11.9 Å². The fourth-order valence-corrected chi connectivity index (χ4v) is 2.66. The Bertz CT molecular complexity index is 569. The van der Waals surface area contributed by atoms with Gasteiger partial charge in [-0.3, -0.25) is 4.79 Å². The molecule has 1 heterocycles. The summed E-state index contributed by atoms with van der Waals surface area (Å²) in [6.07, 6.45) is 3.44. The predicted molar refractivity (Wildman–Crippen MR) is 102 cm³/mol. The molecular formula is C19H30N4O3. The number of hydrogen-bond donors (Lipinski definition) is 3. The highest BCUT2D eigenvalue weighted by Gasteiger charge is 2.14. The molecule has 1 unspecified atom stereocenters. The highest BCUT2D eigenvalue weighted by Crippen LogP contribution is 2.11. The van der Waals surface area contributed by atoms with Crippen LogP contribution in [0.3, 0.4) is 0 Å². The van der Waals surface area contributed by atoms with Crippen LogP contribution < -0.4 is 16.4 Å². The van der Waals surface area contributed by atoms with Crippen molar-refractivity contribution in [3.8, 4) is 0 Å². The third-order valence-corrected chi connectivity index (χ3v) is 4.09. The van der Waals surface area contributed by atoms with Crippen LogP contribution in [0.2, 0.25) is 0 Å². The molecule has 2 rings (SSSR count). The van der Waals surface area contributed by atoms with Gasteiger partial charge in [0.1, 0.15) is 0 Å². The van der Waals surface area contributed by atoms with Gasteiger partial charge in [-0.05, 0) is 43.9 Å². The Balaban J connectivity index is 1.67. The summed E-state index contributed by atoms with van der Waals surface area (Å²) in [6.45, 7) is 6.41. The second-order valence-corrected chi connectivity index (χ2v) is 6.25. The van der Waals surface area contributed by atoms with Crippen LogP contribution in [-0.4, -0.2) is 50.9 Å². The van der Waals surface area contributed by atoms with Crippen molar-refractivity contribution in [2.75, 3.05) is 32.9 Å². The molecule has 1 aliphatic rings. The maximum absolute atomic E-state index is 11.1. The van der Waals surface area contributed by atoms with E-state index in [0.29, 0.717) is 25.3 Å². The summed E-state index contributed by atoms with van der Waals surface area (Å²) in [5.74, 6) is 0.349. The van der Waals surface area contributed by atoms with Crippen LogP contribution in [0.15, 0.2) is 29.3 Å². The number of ether oxygens (including phenoxy) is 2. The zero-order valence-electron chi connectivity index (χ0n) is 15.5. The number of aliphatic imine (C=N–C) groups is 1. The molecule has 0 radical (unpaired) electrons. The number of primary amides is 1. The van der Waals surface area contributed by atoms with Crippen molar-refractivity contribution < 1.29 is 14.3 Å². The SMILES string of the molecule is CCNC(=NCc1ccc(C(N)=O)cc1)NCCCOCC1CCCO1. The molecule has 7 nitrogen and oxygen atoms in total. The fourth-order valence-electron chi connectivity index (χ4n) is 2.66. The van der Waals surface area contributed by atoms with Crippen molar-refractivity contribution in [2.24, 2.45) is 10.7 Å². The molecule has 1 amide bonds. The lowest BCUT2D eigenvalue weighted by Gasteiger charge is -2.12. The van der Waals surface area contributed by atoms with E-state index in [2.05, 4.69) is 15.6 Å². The number of nitrogens with zero attached hydrogens (tertiary/aromatic N) is 1. The molecule has 1 aromatic rings. The number of carbonyl (C=O) groups excluding carboxylic acids is 1. The van der Waals surface area contributed by atoms with Gasteiger partial charge in [-0.15, -0.1) is 0 Å². The first-order valence-electron chi connectivity index (χ1n) is 9.29. The lowest BCUT2D eigenvalue weighted by molar-refractivity contribution is 0.0168. The molecule has 0 aromatic heterocycles. The Morgan fingerprint density at radius 3 is 2.81 bits per heavy atom. The minimum Gasteiger partial charge on any atom is -0.379 e. The highest BCUT2D eigenvalue weighted by atomic mass is 16.5. The van der Waals surface area contributed by atoms with Crippen LogP contribution in [0.25, 0.3) is 0 Å². The minimum absolute atomic E-state index is 0.280. The number of amides is 1. The third kappa shape index (κ3) is 7.41. The lowest BCUT2D eigenvalue weighted by atomic mass is 10.1. The Hall–Kier alpha value is -2.12.